The number of carboxylic acid groups (broad SMARTS) is 1. The number of rotatable bonds is 3. The largest absolute Gasteiger partial charge is 0.465 e. The third kappa shape index (κ3) is 3.10. The highest BCUT2D eigenvalue weighted by Gasteiger charge is 2.44. The summed E-state index contributed by atoms with van der Waals surface area (Å²) in [5.41, 5.74) is 2.60. The Labute approximate surface area is 167 Å². The van der Waals surface area contributed by atoms with E-state index in [-0.39, 0.29) is 5.41 Å². The number of fused-ring (bicyclic) bond motifs is 1. The molecule has 1 amide bonds. The van der Waals surface area contributed by atoms with Crippen LogP contribution < -0.4 is 4.90 Å². The van der Waals surface area contributed by atoms with Crippen molar-refractivity contribution < 1.29 is 9.90 Å². The molecule has 0 radical (unpaired) electrons. The zero-order valence-corrected chi connectivity index (χ0v) is 16.7. The van der Waals surface area contributed by atoms with Gasteiger partial charge in [0.2, 0.25) is 0 Å². The Morgan fingerprint density at radius 3 is 2.39 bits per heavy atom. The number of hydrogen-bond acceptors (Lipinski definition) is 5. The lowest BCUT2D eigenvalue weighted by Crippen LogP contribution is -2.45. The van der Waals surface area contributed by atoms with Crippen molar-refractivity contribution in [1.82, 2.24) is 9.97 Å². The minimum absolute atomic E-state index is 0.296. The molecule has 0 spiro atoms. The van der Waals surface area contributed by atoms with E-state index in [0.29, 0.717) is 15.5 Å². The molecule has 1 N–H and O–H groups in total. The SMILES string of the molecule is CC(C)(C)N(C(=O)O)c1nc2ccc(-c3ccc(C4(C#N)CC4)cc3)nc2s1. The van der Waals surface area contributed by atoms with Crippen LogP contribution in [0.2, 0.25) is 0 Å². The first-order valence-corrected chi connectivity index (χ1v) is 9.88. The number of amides is 1. The highest BCUT2D eigenvalue weighted by atomic mass is 32.1. The molecule has 2 aromatic heterocycles. The van der Waals surface area contributed by atoms with Gasteiger partial charge in [0, 0.05) is 11.1 Å². The fourth-order valence-electron chi connectivity index (χ4n) is 3.27. The average Bonchev–Trinajstić information content (AvgIpc) is 3.33. The molecule has 1 saturated carbocycles. The highest BCUT2D eigenvalue weighted by Crippen LogP contribution is 2.47. The predicted octanol–water partition coefficient (Wildman–Crippen LogP) is 5.20. The van der Waals surface area contributed by atoms with Crippen molar-refractivity contribution in [2.24, 2.45) is 0 Å². The van der Waals surface area contributed by atoms with E-state index in [4.69, 9.17) is 0 Å². The van der Waals surface area contributed by atoms with Gasteiger partial charge in [-0.25, -0.2) is 19.7 Å². The normalized spacial score (nSPS) is 15.2. The summed E-state index contributed by atoms with van der Waals surface area (Å²) >= 11 is 1.27. The maximum Gasteiger partial charge on any atom is 0.414 e. The van der Waals surface area contributed by atoms with Crippen LogP contribution >= 0.6 is 11.3 Å². The molecule has 0 unspecified atom stereocenters. The van der Waals surface area contributed by atoms with Gasteiger partial charge in [-0.1, -0.05) is 35.6 Å². The molecule has 7 heteroatoms. The van der Waals surface area contributed by atoms with Gasteiger partial charge in [0.15, 0.2) is 5.13 Å². The molecule has 1 aromatic carbocycles. The molecule has 0 aliphatic heterocycles. The van der Waals surface area contributed by atoms with Crippen LogP contribution in [-0.2, 0) is 5.41 Å². The summed E-state index contributed by atoms with van der Waals surface area (Å²) < 4.78 is 0. The van der Waals surface area contributed by atoms with Gasteiger partial charge in [0.25, 0.3) is 0 Å². The van der Waals surface area contributed by atoms with Gasteiger partial charge in [0.05, 0.1) is 17.2 Å². The monoisotopic (exact) mass is 392 g/mol. The average molecular weight is 392 g/mol. The molecular formula is C21H20N4O2S. The number of nitriles is 1. The quantitative estimate of drug-likeness (QED) is 0.662. The van der Waals surface area contributed by atoms with Gasteiger partial charge >= 0.3 is 6.09 Å². The molecule has 6 nitrogen and oxygen atoms in total. The predicted molar refractivity (Wildman–Crippen MR) is 110 cm³/mol. The maximum atomic E-state index is 11.7. The fourth-order valence-corrected chi connectivity index (χ4v) is 4.39. The van der Waals surface area contributed by atoms with E-state index < -0.39 is 11.6 Å². The summed E-state index contributed by atoms with van der Waals surface area (Å²) in [6.07, 6.45) is 0.809. The summed E-state index contributed by atoms with van der Waals surface area (Å²) in [5.74, 6) is 0. The Bertz CT molecular complexity index is 1100. The first-order chi connectivity index (χ1) is 13.2. The molecule has 0 bridgehead atoms. The second-order valence-corrected chi connectivity index (χ2v) is 9.03. The summed E-state index contributed by atoms with van der Waals surface area (Å²) in [5, 5.41) is 19.3. The zero-order valence-electron chi connectivity index (χ0n) is 15.9. The van der Waals surface area contributed by atoms with Gasteiger partial charge < -0.3 is 5.11 Å². The molecule has 0 atom stereocenters. The van der Waals surface area contributed by atoms with E-state index >= 15 is 0 Å². The van der Waals surface area contributed by atoms with Crippen molar-refractivity contribution >= 4 is 32.9 Å². The van der Waals surface area contributed by atoms with Gasteiger partial charge in [-0.15, -0.1) is 0 Å². The van der Waals surface area contributed by atoms with Crippen LogP contribution in [0.4, 0.5) is 9.93 Å². The third-order valence-electron chi connectivity index (χ3n) is 4.99. The van der Waals surface area contributed by atoms with E-state index in [9.17, 15) is 15.2 Å². The number of anilines is 1. The number of carbonyl (C=O) groups is 1. The minimum atomic E-state index is -1.03. The highest BCUT2D eigenvalue weighted by molar-refractivity contribution is 7.22. The van der Waals surface area contributed by atoms with Crippen molar-refractivity contribution in [3.8, 4) is 17.3 Å². The Hall–Kier alpha value is -2.98. The van der Waals surface area contributed by atoms with Gasteiger partial charge in [-0.05, 0) is 51.3 Å². The molecule has 4 rings (SSSR count). The molecule has 0 saturated heterocycles. The lowest BCUT2D eigenvalue weighted by Gasteiger charge is -2.30. The lowest BCUT2D eigenvalue weighted by atomic mass is 9.96. The zero-order chi connectivity index (χ0) is 20.1. The Balaban J connectivity index is 1.69. The number of pyridine rings is 1. The number of benzene rings is 1. The fraction of sp³-hybridized carbons (Fsp3) is 0.333. The first-order valence-electron chi connectivity index (χ1n) is 9.06. The van der Waals surface area contributed by atoms with Gasteiger partial charge in [-0.3, -0.25) is 0 Å². The number of nitrogens with zero attached hydrogens (tertiary/aromatic N) is 4. The Kier molecular flexibility index (Phi) is 4.12. The van der Waals surface area contributed by atoms with E-state index in [1.807, 2.05) is 57.2 Å². The van der Waals surface area contributed by atoms with Crippen molar-refractivity contribution in [2.45, 2.75) is 44.6 Å². The van der Waals surface area contributed by atoms with Crippen LogP contribution in [0.5, 0.6) is 0 Å². The first kappa shape index (κ1) is 18.4. The molecule has 1 fully saturated rings. The van der Waals surface area contributed by atoms with Gasteiger partial charge in [0.1, 0.15) is 10.3 Å². The van der Waals surface area contributed by atoms with Crippen molar-refractivity contribution in [3.05, 3.63) is 42.0 Å². The standard InChI is InChI=1S/C21H20N4O2S/c1-20(2,3)25(19(26)27)18-24-16-9-8-15(23-17(16)28-18)13-4-6-14(7-5-13)21(12-22)10-11-21/h4-9H,10-11H2,1-3H3,(H,26,27). The second kappa shape index (κ2) is 6.28. The van der Waals surface area contributed by atoms with Crippen LogP contribution in [0, 0.1) is 11.3 Å². The Morgan fingerprint density at radius 2 is 1.86 bits per heavy atom. The number of hydrogen-bond donors (Lipinski definition) is 1. The van der Waals surface area contributed by atoms with Crippen molar-refractivity contribution in [3.63, 3.8) is 0 Å². The van der Waals surface area contributed by atoms with Crippen LogP contribution in [0.15, 0.2) is 36.4 Å². The van der Waals surface area contributed by atoms with Crippen LogP contribution in [0.3, 0.4) is 0 Å². The van der Waals surface area contributed by atoms with Crippen LogP contribution in [0.1, 0.15) is 39.2 Å². The topological polar surface area (TPSA) is 90.1 Å². The van der Waals surface area contributed by atoms with Crippen molar-refractivity contribution in [2.75, 3.05) is 4.90 Å². The van der Waals surface area contributed by atoms with Crippen LogP contribution in [-0.4, -0.2) is 26.7 Å². The molecule has 1 aliphatic carbocycles. The third-order valence-corrected chi connectivity index (χ3v) is 5.95. The minimum Gasteiger partial charge on any atom is -0.465 e. The number of aromatic nitrogens is 2. The Morgan fingerprint density at radius 1 is 1.18 bits per heavy atom. The van der Waals surface area contributed by atoms with E-state index in [1.165, 1.54) is 16.2 Å². The summed E-state index contributed by atoms with van der Waals surface area (Å²) in [6, 6.07) is 14.1. The van der Waals surface area contributed by atoms with Crippen LogP contribution in [0.25, 0.3) is 21.6 Å². The smallest absolute Gasteiger partial charge is 0.414 e. The summed E-state index contributed by atoms with van der Waals surface area (Å²) in [6.45, 7) is 5.50. The summed E-state index contributed by atoms with van der Waals surface area (Å²) in [7, 11) is 0. The molecule has 28 heavy (non-hydrogen) atoms. The molecule has 3 aromatic rings. The van der Waals surface area contributed by atoms with Crippen molar-refractivity contribution in [1.29, 1.82) is 5.26 Å². The van der Waals surface area contributed by atoms with E-state index in [2.05, 4.69) is 16.0 Å². The van der Waals surface area contributed by atoms with E-state index in [0.717, 1.165) is 29.7 Å². The van der Waals surface area contributed by atoms with E-state index in [1.54, 1.807) is 0 Å². The lowest BCUT2D eigenvalue weighted by molar-refractivity contribution is 0.195. The molecule has 2 heterocycles. The summed E-state index contributed by atoms with van der Waals surface area (Å²) in [4.78, 5) is 22.8. The number of thiazole rings is 1. The maximum absolute atomic E-state index is 11.7. The molecule has 142 valence electrons. The molecule has 1 aliphatic rings. The van der Waals surface area contributed by atoms with Gasteiger partial charge in [-0.2, -0.15) is 5.26 Å². The molecular weight excluding hydrogens is 372 g/mol. The second-order valence-electron chi connectivity index (χ2n) is 8.08.